The number of fused-ring (bicyclic) bond motifs is 1. The van der Waals surface area contributed by atoms with Gasteiger partial charge in [-0.25, -0.2) is 4.79 Å². The molecule has 2 heteroatoms. The molecule has 1 heterocycles. The summed E-state index contributed by atoms with van der Waals surface area (Å²) < 4.78 is 5.38. The van der Waals surface area contributed by atoms with Crippen LogP contribution in [-0.4, -0.2) is 12.1 Å². The van der Waals surface area contributed by atoms with Gasteiger partial charge >= 0.3 is 5.97 Å². The van der Waals surface area contributed by atoms with E-state index in [0.717, 1.165) is 25.2 Å². The van der Waals surface area contributed by atoms with E-state index in [2.05, 4.69) is 26.0 Å². The molecule has 1 aliphatic heterocycles. The molecule has 2 atom stereocenters. The summed E-state index contributed by atoms with van der Waals surface area (Å²) in [5.41, 5.74) is 6.01. The number of aryl methyl sites for hydroxylation is 1. The average Bonchev–Trinajstić information content (AvgIpc) is 2.46. The van der Waals surface area contributed by atoms with Crippen LogP contribution in [0.4, 0.5) is 0 Å². The van der Waals surface area contributed by atoms with Crippen molar-refractivity contribution in [2.24, 2.45) is 5.92 Å². The zero-order chi connectivity index (χ0) is 14.8. The number of carbonyl (C=O) groups excluding carboxylic acids is 1. The molecule has 0 fully saturated rings. The predicted octanol–water partition coefficient (Wildman–Crippen LogP) is 3.92. The molecule has 1 aliphatic carbocycles. The highest BCUT2D eigenvalue weighted by molar-refractivity contribution is 5.82. The largest absolute Gasteiger partial charge is 0.459 e. The van der Waals surface area contributed by atoms with Gasteiger partial charge in [0.05, 0.1) is 0 Å². The highest BCUT2D eigenvalue weighted by atomic mass is 16.5. The number of benzene rings is 1. The summed E-state index contributed by atoms with van der Waals surface area (Å²) in [7, 11) is 0. The Morgan fingerprint density at radius 3 is 3.00 bits per heavy atom. The molecule has 0 N–H and O–H groups in total. The fraction of sp³-hybridized carbons (Fsp3) is 0.526. The molecule has 0 unspecified atom stereocenters. The fourth-order valence-corrected chi connectivity index (χ4v) is 3.63. The quantitative estimate of drug-likeness (QED) is 0.786. The summed E-state index contributed by atoms with van der Waals surface area (Å²) in [4.78, 5) is 11.3. The SMILES string of the molecule is Cc1ccc2c(c1CC[C@@H]1CC=CC(=O)O1)CC[C@@H](C)C2. The summed E-state index contributed by atoms with van der Waals surface area (Å²) in [6.07, 6.45) is 10.1. The van der Waals surface area contributed by atoms with Gasteiger partial charge in [-0.1, -0.05) is 25.1 Å². The first-order valence-corrected chi connectivity index (χ1v) is 8.11. The van der Waals surface area contributed by atoms with Gasteiger partial charge in [0.1, 0.15) is 6.10 Å². The molecule has 0 aromatic heterocycles. The average molecular weight is 284 g/mol. The van der Waals surface area contributed by atoms with Crippen LogP contribution in [0.25, 0.3) is 0 Å². The zero-order valence-electron chi connectivity index (χ0n) is 13.0. The third-order valence-corrected chi connectivity index (χ3v) is 4.87. The molecule has 2 nitrogen and oxygen atoms in total. The molecule has 2 aliphatic rings. The van der Waals surface area contributed by atoms with E-state index < -0.39 is 0 Å². The molecule has 0 amide bonds. The molecule has 112 valence electrons. The second-order valence-electron chi connectivity index (χ2n) is 6.58. The van der Waals surface area contributed by atoms with Crippen LogP contribution in [0.3, 0.4) is 0 Å². The molecule has 0 saturated carbocycles. The second kappa shape index (κ2) is 6.05. The van der Waals surface area contributed by atoms with Crippen LogP contribution in [-0.2, 0) is 28.8 Å². The van der Waals surface area contributed by atoms with Crippen molar-refractivity contribution < 1.29 is 9.53 Å². The second-order valence-corrected chi connectivity index (χ2v) is 6.58. The molecule has 3 rings (SSSR count). The lowest BCUT2D eigenvalue weighted by atomic mass is 9.80. The van der Waals surface area contributed by atoms with E-state index in [0.29, 0.717) is 0 Å². The first-order valence-electron chi connectivity index (χ1n) is 8.11. The van der Waals surface area contributed by atoms with Gasteiger partial charge in [0, 0.05) is 12.5 Å². The van der Waals surface area contributed by atoms with Crippen molar-refractivity contribution >= 4 is 5.97 Å². The van der Waals surface area contributed by atoms with Gasteiger partial charge in [-0.15, -0.1) is 0 Å². The minimum absolute atomic E-state index is 0.0558. The Morgan fingerprint density at radius 2 is 2.19 bits per heavy atom. The van der Waals surface area contributed by atoms with Gasteiger partial charge in [-0.2, -0.15) is 0 Å². The van der Waals surface area contributed by atoms with E-state index in [-0.39, 0.29) is 12.1 Å². The van der Waals surface area contributed by atoms with Crippen molar-refractivity contribution in [2.45, 2.75) is 58.5 Å². The maximum Gasteiger partial charge on any atom is 0.330 e. The molecule has 0 radical (unpaired) electrons. The van der Waals surface area contributed by atoms with Crippen LogP contribution in [0.1, 0.15) is 48.4 Å². The summed E-state index contributed by atoms with van der Waals surface area (Å²) in [5, 5.41) is 0. The number of carbonyl (C=O) groups is 1. The van der Waals surface area contributed by atoms with Crippen LogP contribution < -0.4 is 0 Å². The standard InChI is InChI=1S/C19H24O2/c1-13-6-10-18-15(12-13)8-7-14(2)17(18)11-9-16-4-3-5-19(20)21-16/h3,5,7-8,13,16H,4,6,9-12H2,1-2H3/t13-,16+/m1/s1. The molecule has 0 bridgehead atoms. The number of ether oxygens (including phenoxy) is 1. The van der Waals surface area contributed by atoms with Gasteiger partial charge in [-0.05, 0) is 67.2 Å². The topological polar surface area (TPSA) is 26.3 Å². The van der Waals surface area contributed by atoms with E-state index in [1.54, 1.807) is 5.56 Å². The highest BCUT2D eigenvalue weighted by Gasteiger charge is 2.21. The number of cyclic esters (lactones) is 1. The minimum Gasteiger partial charge on any atom is -0.459 e. The molecular formula is C19H24O2. The lowest BCUT2D eigenvalue weighted by Gasteiger charge is -2.26. The van der Waals surface area contributed by atoms with Gasteiger partial charge in [0.2, 0.25) is 0 Å². The van der Waals surface area contributed by atoms with Gasteiger partial charge in [0.25, 0.3) is 0 Å². The third-order valence-electron chi connectivity index (χ3n) is 4.87. The lowest BCUT2D eigenvalue weighted by molar-refractivity contribution is -0.144. The number of rotatable bonds is 3. The van der Waals surface area contributed by atoms with E-state index >= 15 is 0 Å². The first kappa shape index (κ1) is 14.4. The van der Waals surface area contributed by atoms with Gasteiger partial charge < -0.3 is 4.74 Å². The maximum atomic E-state index is 11.3. The van der Waals surface area contributed by atoms with Crippen LogP contribution in [0, 0.1) is 12.8 Å². The summed E-state index contributed by atoms with van der Waals surface area (Å²) in [6, 6.07) is 4.58. The highest BCUT2D eigenvalue weighted by Crippen LogP contribution is 2.31. The Labute approximate surface area is 127 Å². The summed E-state index contributed by atoms with van der Waals surface area (Å²) >= 11 is 0. The van der Waals surface area contributed by atoms with E-state index in [4.69, 9.17) is 4.74 Å². The zero-order valence-corrected chi connectivity index (χ0v) is 13.0. The molecule has 0 spiro atoms. The van der Waals surface area contributed by atoms with Crippen molar-refractivity contribution in [3.8, 4) is 0 Å². The van der Waals surface area contributed by atoms with Crippen molar-refractivity contribution in [1.29, 1.82) is 0 Å². The molecular weight excluding hydrogens is 260 g/mol. The van der Waals surface area contributed by atoms with Crippen molar-refractivity contribution in [3.05, 3.63) is 46.5 Å². The molecule has 0 saturated heterocycles. The van der Waals surface area contributed by atoms with Gasteiger partial charge in [0.15, 0.2) is 0 Å². The molecule has 1 aromatic rings. The van der Waals surface area contributed by atoms with Gasteiger partial charge in [-0.3, -0.25) is 0 Å². The fourth-order valence-electron chi connectivity index (χ4n) is 3.63. The summed E-state index contributed by atoms with van der Waals surface area (Å²) in [6.45, 7) is 4.55. The van der Waals surface area contributed by atoms with Crippen LogP contribution in [0.15, 0.2) is 24.3 Å². The minimum atomic E-state index is -0.188. The summed E-state index contributed by atoms with van der Waals surface area (Å²) in [5.74, 6) is 0.615. The van der Waals surface area contributed by atoms with Crippen LogP contribution >= 0.6 is 0 Å². The van der Waals surface area contributed by atoms with Crippen molar-refractivity contribution in [3.63, 3.8) is 0 Å². The Bertz CT molecular complexity index is 571. The maximum absolute atomic E-state index is 11.3. The lowest BCUT2D eigenvalue weighted by Crippen LogP contribution is -2.21. The molecule has 21 heavy (non-hydrogen) atoms. The van der Waals surface area contributed by atoms with Crippen LogP contribution in [0.2, 0.25) is 0 Å². The number of esters is 1. The Balaban J connectivity index is 1.74. The molecule has 1 aromatic carbocycles. The first-order chi connectivity index (χ1) is 10.1. The number of hydrogen-bond acceptors (Lipinski definition) is 2. The Kier molecular flexibility index (Phi) is 4.14. The van der Waals surface area contributed by atoms with E-state index in [1.165, 1.54) is 42.0 Å². The monoisotopic (exact) mass is 284 g/mol. The third kappa shape index (κ3) is 3.20. The number of hydrogen-bond donors (Lipinski definition) is 0. The van der Waals surface area contributed by atoms with Crippen LogP contribution in [0.5, 0.6) is 0 Å². The normalized spacial score (nSPS) is 24.6. The smallest absolute Gasteiger partial charge is 0.330 e. The van der Waals surface area contributed by atoms with Crippen molar-refractivity contribution in [1.82, 2.24) is 0 Å². The predicted molar refractivity (Wildman–Crippen MR) is 84.3 cm³/mol. The van der Waals surface area contributed by atoms with E-state index in [9.17, 15) is 4.79 Å². The van der Waals surface area contributed by atoms with E-state index in [1.807, 2.05) is 6.08 Å². The van der Waals surface area contributed by atoms with Crippen molar-refractivity contribution in [2.75, 3.05) is 0 Å². The Hall–Kier alpha value is -1.57. The Morgan fingerprint density at radius 1 is 1.33 bits per heavy atom.